The summed E-state index contributed by atoms with van der Waals surface area (Å²) in [5.41, 5.74) is 0.844. The van der Waals surface area contributed by atoms with Crippen LogP contribution in [0.3, 0.4) is 0 Å². The first-order valence-electron chi connectivity index (χ1n) is 11.7. The van der Waals surface area contributed by atoms with Crippen molar-refractivity contribution in [1.82, 2.24) is 14.5 Å². The number of carbonyl (C=O) groups excluding carboxylic acids is 1. The minimum Gasteiger partial charge on any atom is -0.497 e. The van der Waals surface area contributed by atoms with Gasteiger partial charge in [-0.05, 0) is 60.9 Å². The van der Waals surface area contributed by atoms with Crippen molar-refractivity contribution in [3.8, 4) is 11.4 Å². The molecule has 2 aromatic carbocycles. The molecule has 0 aliphatic heterocycles. The predicted molar refractivity (Wildman–Crippen MR) is 136 cm³/mol. The molecule has 1 amide bonds. The molecule has 0 N–H and O–H groups in total. The molecule has 0 saturated carbocycles. The van der Waals surface area contributed by atoms with Crippen molar-refractivity contribution in [3.05, 3.63) is 88.9 Å². The number of amides is 1. The zero-order chi connectivity index (χ0) is 25.2. The van der Waals surface area contributed by atoms with Gasteiger partial charge in [0.25, 0.3) is 5.56 Å². The summed E-state index contributed by atoms with van der Waals surface area (Å²) >= 11 is 0. The van der Waals surface area contributed by atoms with Gasteiger partial charge in [-0.25, -0.2) is 4.98 Å². The van der Waals surface area contributed by atoms with E-state index in [1.165, 1.54) is 0 Å². The van der Waals surface area contributed by atoms with Crippen molar-refractivity contribution in [2.45, 2.75) is 46.7 Å². The van der Waals surface area contributed by atoms with E-state index in [-0.39, 0.29) is 23.4 Å². The van der Waals surface area contributed by atoms with E-state index < -0.39 is 6.04 Å². The molecule has 7 heteroatoms. The second-order valence-corrected chi connectivity index (χ2v) is 9.84. The summed E-state index contributed by atoms with van der Waals surface area (Å²) in [5.74, 6) is 1.79. The van der Waals surface area contributed by atoms with Gasteiger partial charge in [0, 0.05) is 6.42 Å². The number of nitrogens with zero attached hydrogens (tertiary/aromatic N) is 3. The first-order valence-corrected chi connectivity index (χ1v) is 11.7. The number of methoxy groups -OCH3 is 1. The summed E-state index contributed by atoms with van der Waals surface area (Å²) < 4.78 is 12.4. The number of fused-ring (bicyclic) bond motifs is 1. The Bertz CT molecular complexity index is 1370. The molecule has 1 unspecified atom stereocenters. The normalized spacial score (nSPS) is 12.5. The van der Waals surface area contributed by atoms with Crippen LogP contribution in [0.2, 0.25) is 0 Å². The fraction of sp³-hybridized carbons (Fsp3) is 0.321. The highest BCUT2D eigenvalue weighted by molar-refractivity contribution is 5.79. The summed E-state index contributed by atoms with van der Waals surface area (Å²) in [5, 5.41) is 0.512. The number of hydrogen-bond acceptors (Lipinski definition) is 5. The highest BCUT2D eigenvalue weighted by Gasteiger charge is 2.30. The summed E-state index contributed by atoms with van der Waals surface area (Å²) in [4.78, 5) is 33.9. The topological polar surface area (TPSA) is 77.6 Å². The van der Waals surface area contributed by atoms with Gasteiger partial charge in [0.15, 0.2) is 0 Å². The van der Waals surface area contributed by atoms with Crippen molar-refractivity contribution >= 4 is 16.8 Å². The van der Waals surface area contributed by atoms with Crippen molar-refractivity contribution in [2.75, 3.05) is 7.11 Å². The zero-order valence-corrected chi connectivity index (χ0v) is 20.8. The Morgan fingerprint density at radius 3 is 2.43 bits per heavy atom. The molecule has 1 atom stereocenters. The highest BCUT2D eigenvalue weighted by Crippen LogP contribution is 2.29. The van der Waals surface area contributed by atoms with Crippen LogP contribution in [0.15, 0.2) is 76.1 Å². The maximum atomic E-state index is 13.7. The largest absolute Gasteiger partial charge is 0.497 e. The van der Waals surface area contributed by atoms with Gasteiger partial charge in [-0.2, -0.15) is 0 Å². The average Bonchev–Trinajstić information content (AvgIpc) is 3.34. The molecule has 0 fully saturated rings. The van der Waals surface area contributed by atoms with E-state index in [2.05, 4.69) is 0 Å². The van der Waals surface area contributed by atoms with Gasteiger partial charge < -0.3 is 14.1 Å². The molecule has 182 valence electrons. The van der Waals surface area contributed by atoms with E-state index in [0.717, 1.165) is 0 Å². The molecule has 0 aliphatic carbocycles. The van der Waals surface area contributed by atoms with Crippen molar-refractivity contribution in [2.24, 2.45) is 5.41 Å². The summed E-state index contributed by atoms with van der Waals surface area (Å²) in [6.45, 7) is 8.26. The lowest BCUT2D eigenvalue weighted by Gasteiger charge is -2.32. The summed E-state index contributed by atoms with van der Waals surface area (Å²) in [6, 6.07) is 17.6. The van der Waals surface area contributed by atoms with Crippen LogP contribution in [0.5, 0.6) is 5.75 Å². The van der Waals surface area contributed by atoms with Crippen LogP contribution in [0.4, 0.5) is 0 Å². The van der Waals surface area contributed by atoms with Crippen molar-refractivity contribution in [1.29, 1.82) is 0 Å². The first-order chi connectivity index (χ1) is 16.7. The van der Waals surface area contributed by atoms with Crippen LogP contribution in [-0.4, -0.2) is 27.5 Å². The Morgan fingerprint density at radius 2 is 1.80 bits per heavy atom. The number of hydrogen-bond donors (Lipinski definition) is 0. The van der Waals surface area contributed by atoms with E-state index in [4.69, 9.17) is 14.1 Å². The van der Waals surface area contributed by atoms with Crippen LogP contribution in [0.25, 0.3) is 16.6 Å². The minimum atomic E-state index is -0.505. The smallest absolute Gasteiger partial charge is 0.266 e. The van der Waals surface area contributed by atoms with E-state index in [1.807, 2.05) is 64.1 Å². The van der Waals surface area contributed by atoms with Crippen LogP contribution in [-0.2, 0) is 11.3 Å². The highest BCUT2D eigenvalue weighted by atomic mass is 16.5. The molecule has 0 radical (unpaired) electrons. The van der Waals surface area contributed by atoms with Crippen molar-refractivity contribution < 1.29 is 13.9 Å². The number of furan rings is 1. The van der Waals surface area contributed by atoms with Crippen LogP contribution in [0.1, 0.15) is 51.7 Å². The quantitative estimate of drug-likeness (QED) is 0.354. The molecule has 7 nitrogen and oxygen atoms in total. The van der Waals surface area contributed by atoms with Gasteiger partial charge in [-0.15, -0.1) is 0 Å². The third kappa shape index (κ3) is 5.29. The lowest BCUT2D eigenvalue weighted by Crippen LogP contribution is -2.38. The van der Waals surface area contributed by atoms with Gasteiger partial charge in [0.1, 0.15) is 17.3 Å². The first kappa shape index (κ1) is 24.3. The zero-order valence-electron chi connectivity index (χ0n) is 20.8. The number of para-hydroxylation sites is 1. The number of aromatic nitrogens is 2. The Kier molecular flexibility index (Phi) is 6.78. The molecule has 4 rings (SSSR count). The lowest BCUT2D eigenvalue weighted by molar-refractivity contribution is -0.136. The molecular weight excluding hydrogens is 442 g/mol. The molecule has 0 aliphatic rings. The molecule has 2 aromatic heterocycles. The van der Waals surface area contributed by atoms with Crippen LogP contribution < -0.4 is 10.3 Å². The van der Waals surface area contributed by atoms with Crippen LogP contribution in [0, 0.1) is 5.41 Å². The third-order valence-electron chi connectivity index (χ3n) is 5.88. The molecule has 2 heterocycles. The van der Waals surface area contributed by atoms with Crippen molar-refractivity contribution in [3.63, 3.8) is 0 Å². The monoisotopic (exact) mass is 473 g/mol. The molecule has 0 saturated heterocycles. The Morgan fingerprint density at radius 1 is 1.09 bits per heavy atom. The van der Waals surface area contributed by atoms with Gasteiger partial charge in [-0.1, -0.05) is 32.9 Å². The molecule has 4 aromatic rings. The van der Waals surface area contributed by atoms with E-state index >= 15 is 0 Å². The Labute approximate surface area is 205 Å². The average molecular weight is 474 g/mol. The lowest BCUT2D eigenvalue weighted by atomic mass is 9.91. The number of carbonyl (C=O) groups is 1. The second kappa shape index (κ2) is 9.78. The number of benzene rings is 2. The summed E-state index contributed by atoms with van der Waals surface area (Å²) in [6.07, 6.45) is 1.94. The Balaban J connectivity index is 1.89. The molecular formula is C28H31N3O4. The van der Waals surface area contributed by atoms with Gasteiger partial charge in [0.05, 0.1) is 42.5 Å². The van der Waals surface area contributed by atoms with Gasteiger partial charge in [0.2, 0.25) is 5.91 Å². The maximum Gasteiger partial charge on any atom is 0.266 e. The Hall–Kier alpha value is -3.87. The van der Waals surface area contributed by atoms with Gasteiger partial charge >= 0.3 is 0 Å². The predicted octanol–water partition coefficient (Wildman–Crippen LogP) is 5.51. The van der Waals surface area contributed by atoms with Crippen LogP contribution >= 0.6 is 0 Å². The SMILES string of the molecule is COc1ccc(-n2c(C(C)N(Cc3ccco3)C(=O)CC(C)(C)C)nc3ccccc3c2=O)cc1. The number of rotatable bonds is 7. The fourth-order valence-corrected chi connectivity index (χ4v) is 4.12. The molecule has 35 heavy (non-hydrogen) atoms. The summed E-state index contributed by atoms with van der Waals surface area (Å²) in [7, 11) is 1.60. The minimum absolute atomic E-state index is 0.0370. The maximum absolute atomic E-state index is 13.7. The van der Waals surface area contributed by atoms with E-state index in [1.54, 1.807) is 47.1 Å². The molecule has 0 spiro atoms. The van der Waals surface area contributed by atoms with Gasteiger partial charge in [-0.3, -0.25) is 14.2 Å². The standard InChI is InChI=1S/C28H31N3O4/c1-19(30(18-22-9-8-16-35-22)25(32)17-28(2,3)4)26-29-24-11-7-6-10-23(24)27(33)31(26)20-12-14-21(34-5)15-13-20/h6-16,19H,17-18H2,1-5H3. The van der Waals surface area contributed by atoms with E-state index in [0.29, 0.717) is 40.3 Å². The van der Waals surface area contributed by atoms with E-state index in [9.17, 15) is 9.59 Å². The molecule has 0 bridgehead atoms. The second-order valence-electron chi connectivity index (χ2n) is 9.84. The third-order valence-corrected chi connectivity index (χ3v) is 5.88. The fourth-order valence-electron chi connectivity index (χ4n) is 4.12. The number of ether oxygens (including phenoxy) is 1.